The maximum absolute atomic E-state index is 11.7. The molecule has 0 aliphatic heterocycles. The number of hydrogen-bond acceptors (Lipinski definition) is 3. The third-order valence-electron chi connectivity index (χ3n) is 2.80. The van der Waals surface area contributed by atoms with E-state index in [2.05, 4.69) is 15.7 Å². The van der Waals surface area contributed by atoms with Gasteiger partial charge < -0.3 is 15.7 Å². The van der Waals surface area contributed by atoms with Crippen molar-refractivity contribution in [2.45, 2.75) is 45.7 Å². The fourth-order valence-electron chi connectivity index (χ4n) is 1.71. The number of nitrogens with zero attached hydrogens (tertiary/aromatic N) is 2. The molecule has 1 heterocycles. The zero-order valence-electron chi connectivity index (χ0n) is 12.1. The third kappa shape index (κ3) is 6.21. The first-order valence-corrected chi connectivity index (χ1v) is 6.55. The first kappa shape index (κ1) is 16.0. The Labute approximate surface area is 118 Å². The highest BCUT2D eigenvalue weighted by Crippen LogP contribution is 2.10. The van der Waals surface area contributed by atoms with Crippen LogP contribution in [0, 0.1) is 6.92 Å². The Hall–Kier alpha value is -2.05. The molecule has 0 aliphatic rings. The van der Waals surface area contributed by atoms with Crippen LogP contribution in [0.25, 0.3) is 0 Å². The molecule has 0 saturated carbocycles. The zero-order valence-corrected chi connectivity index (χ0v) is 12.1. The fourth-order valence-corrected chi connectivity index (χ4v) is 1.71. The van der Waals surface area contributed by atoms with Gasteiger partial charge in [0.05, 0.1) is 12.7 Å². The number of aryl methyl sites for hydroxylation is 1. The standard InChI is InChI=1S/C13H22N4O3/c1-10-8-15-17(9-10)7-6-14-12(20)16-13(2,3)5-4-11(18)19/h8-9H,4-7H2,1-3H3,(H,18,19)(H2,14,16,20). The number of nitrogens with one attached hydrogen (secondary N) is 2. The van der Waals surface area contributed by atoms with Gasteiger partial charge in [-0.15, -0.1) is 0 Å². The smallest absolute Gasteiger partial charge is 0.315 e. The number of hydrogen-bond donors (Lipinski definition) is 3. The highest BCUT2D eigenvalue weighted by Gasteiger charge is 2.21. The predicted octanol–water partition coefficient (Wildman–Crippen LogP) is 1.13. The van der Waals surface area contributed by atoms with Crippen molar-refractivity contribution in [1.29, 1.82) is 0 Å². The average Bonchev–Trinajstić information content (AvgIpc) is 2.72. The van der Waals surface area contributed by atoms with E-state index in [4.69, 9.17) is 5.11 Å². The van der Waals surface area contributed by atoms with Crippen molar-refractivity contribution in [3.8, 4) is 0 Å². The number of aliphatic carboxylic acids is 1. The number of rotatable bonds is 7. The maximum Gasteiger partial charge on any atom is 0.315 e. The molecule has 1 aromatic heterocycles. The molecule has 1 rings (SSSR count). The Morgan fingerprint density at radius 3 is 2.70 bits per heavy atom. The topological polar surface area (TPSA) is 96.3 Å². The molecule has 0 saturated heterocycles. The van der Waals surface area contributed by atoms with Gasteiger partial charge in [0.15, 0.2) is 0 Å². The summed E-state index contributed by atoms with van der Waals surface area (Å²) in [4.78, 5) is 22.2. The van der Waals surface area contributed by atoms with Crippen LogP contribution in [0.1, 0.15) is 32.3 Å². The molecule has 7 nitrogen and oxygen atoms in total. The van der Waals surface area contributed by atoms with E-state index in [9.17, 15) is 9.59 Å². The first-order valence-electron chi connectivity index (χ1n) is 6.55. The predicted molar refractivity (Wildman–Crippen MR) is 74.4 cm³/mol. The Bertz CT molecular complexity index is 468. The van der Waals surface area contributed by atoms with E-state index in [0.29, 0.717) is 19.5 Å². The van der Waals surface area contributed by atoms with Gasteiger partial charge in [-0.3, -0.25) is 9.48 Å². The van der Waals surface area contributed by atoms with E-state index < -0.39 is 11.5 Å². The molecule has 1 aromatic rings. The van der Waals surface area contributed by atoms with E-state index in [0.717, 1.165) is 5.56 Å². The second kappa shape index (κ2) is 6.93. The molecule has 2 amide bonds. The Balaban J connectivity index is 2.27. The van der Waals surface area contributed by atoms with Crippen molar-refractivity contribution in [3.05, 3.63) is 18.0 Å². The Kier molecular flexibility index (Phi) is 5.54. The van der Waals surface area contributed by atoms with E-state index in [-0.39, 0.29) is 12.5 Å². The van der Waals surface area contributed by atoms with Crippen LogP contribution < -0.4 is 10.6 Å². The highest BCUT2D eigenvalue weighted by atomic mass is 16.4. The highest BCUT2D eigenvalue weighted by molar-refractivity contribution is 5.74. The van der Waals surface area contributed by atoms with Gasteiger partial charge in [0.2, 0.25) is 0 Å². The molecule has 0 atom stereocenters. The lowest BCUT2D eigenvalue weighted by Gasteiger charge is -2.25. The molecular formula is C13H22N4O3. The second-order valence-electron chi connectivity index (χ2n) is 5.44. The number of carboxylic acids is 1. The molecule has 0 aliphatic carbocycles. The average molecular weight is 282 g/mol. The van der Waals surface area contributed by atoms with Crippen molar-refractivity contribution in [3.63, 3.8) is 0 Å². The summed E-state index contributed by atoms with van der Waals surface area (Å²) >= 11 is 0. The molecule has 3 N–H and O–H groups in total. The van der Waals surface area contributed by atoms with Crippen molar-refractivity contribution < 1.29 is 14.7 Å². The van der Waals surface area contributed by atoms with Crippen LogP contribution in [0.5, 0.6) is 0 Å². The van der Waals surface area contributed by atoms with E-state index >= 15 is 0 Å². The van der Waals surface area contributed by atoms with Gasteiger partial charge >= 0.3 is 12.0 Å². The lowest BCUT2D eigenvalue weighted by atomic mass is 9.99. The minimum Gasteiger partial charge on any atom is -0.481 e. The number of carbonyl (C=O) groups is 2. The molecule has 112 valence electrons. The molecule has 7 heteroatoms. The number of aromatic nitrogens is 2. The minimum absolute atomic E-state index is 0.0276. The lowest BCUT2D eigenvalue weighted by molar-refractivity contribution is -0.137. The maximum atomic E-state index is 11.7. The molecular weight excluding hydrogens is 260 g/mol. The van der Waals surface area contributed by atoms with Crippen molar-refractivity contribution >= 4 is 12.0 Å². The van der Waals surface area contributed by atoms with Gasteiger partial charge in [-0.2, -0.15) is 5.10 Å². The van der Waals surface area contributed by atoms with Gasteiger partial charge in [-0.1, -0.05) is 0 Å². The summed E-state index contributed by atoms with van der Waals surface area (Å²) in [7, 11) is 0. The summed E-state index contributed by atoms with van der Waals surface area (Å²) in [5.74, 6) is -0.866. The van der Waals surface area contributed by atoms with Crippen LogP contribution >= 0.6 is 0 Å². The van der Waals surface area contributed by atoms with Crippen LogP contribution in [-0.2, 0) is 11.3 Å². The number of amides is 2. The first-order chi connectivity index (χ1) is 9.28. The van der Waals surface area contributed by atoms with Crippen molar-refractivity contribution in [2.75, 3.05) is 6.54 Å². The van der Waals surface area contributed by atoms with Crippen LogP contribution in [-0.4, -0.2) is 39.0 Å². The summed E-state index contributed by atoms with van der Waals surface area (Å²) in [6.07, 6.45) is 4.07. The van der Waals surface area contributed by atoms with Gasteiger partial charge in [-0.05, 0) is 32.8 Å². The van der Waals surface area contributed by atoms with Crippen molar-refractivity contribution in [2.24, 2.45) is 0 Å². The van der Waals surface area contributed by atoms with E-state index in [1.807, 2.05) is 13.1 Å². The normalized spacial score (nSPS) is 11.2. The Morgan fingerprint density at radius 1 is 1.45 bits per heavy atom. The van der Waals surface area contributed by atoms with E-state index in [1.54, 1.807) is 24.7 Å². The van der Waals surface area contributed by atoms with Gasteiger partial charge in [0.25, 0.3) is 0 Å². The molecule has 0 bridgehead atoms. The van der Waals surface area contributed by atoms with Crippen LogP contribution in [0.15, 0.2) is 12.4 Å². The summed E-state index contributed by atoms with van der Waals surface area (Å²) in [6, 6.07) is -0.302. The zero-order chi connectivity index (χ0) is 15.2. The summed E-state index contributed by atoms with van der Waals surface area (Å²) in [5.41, 5.74) is 0.523. The SMILES string of the molecule is Cc1cnn(CCNC(=O)NC(C)(C)CCC(=O)O)c1. The molecule has 0 radical (unpaired) electrons. The van der Waals surface area contributed by atoms with Gasteiger partial charge in [0, 0.05) is 24.7 Å². The van der Waals surface area contributed by atoms with Crippen LogP contribution in [0.3, 0.4) is 0 Å². The molecule has 0 unspecified atom stereocenters. The fraction of sp³-hybridized carbons (Fsp3) is 0.615. The minimum atomic E-state index is -0.866. The van der Waals surface area contributed by atoms with Crippen molar-refractivity contribution in [1.82, 2.24) is 20.4 Å². The number of carbonyl (C=O) groups excluding carboxylic acids is 1. The molecule has 0 spiro atoms. The summed E-state index contributed by atoms with van der Waals surface area (Å²) in [6.45, 7) is 6.60. The number of urea groups is 1. The second-order valence-corrected chi connectivity index (χ2v) is 5.44. The number of carboxylic acid groups (broad SMARTS) is 1. The molecule has 0 fully saturated rings. The molecule has 0 aromatic carbocycles. The largest absolute Gasteiger partial charge is 0.481 e. The van der Waals surface area contributed by atoms with E-state index in [1.165, 1.54) is 0 Å². The third-order valence-corrected chi connectivity index (χ3v) is 2.80. The summed E-state index contributed by atoms with van der Waals surface area (Å²) in [5, 5.41) is 18.2. The Morgan fingerprint density at radius 2 is 2.15 bits per heavy atom. The summed E-state index contributed by atoms with van der Waals surface area (Å²) < 4.78 is 1.76. The quantitative estimate of drug-likeness (QED) is 0.698. The van der Waals surface area contributed by atoms with Gasteiger partial charge in [-0.25, -0.2) is 4.79 Å². The van der Waals surface area contributed by atoms with Crippen LogP contribution in [0.4, 0.5) is 4.79 Å². The van der Waals surface area contributed by atoms with Crippen LogP contribution in [0.2, 0.25) is 0 Å². The molecule has 20 heavy (non-hydrogen) atoms. The lowest BCUT2D eigenvalue weighted by Crippen LogP contribution is -2.49. The monoisotopic (exact) mass is 282 g/mol. The van der Waals surface area contributed by atoms with Gasteiger partial charge in [0.1, 0.15) is 0 Å².